The predicted octanol–water partition coefficient (Wildman–Crippen LogP) is 3.83. The van der Waals surface area contributed by atoms with Crippen molar-refractivity contribution in [3.63, 3.8) is 0 Å². The van der Waals surface area contributed by atoms with Gasteiger partial charge in [0.15, 0.2) is 0 Å². The maximum Gasteiger partial charge on any atom is 0.416 e. The van der Waals surface area contributed by atoms with Gasteiger partial charge >= 0.3 is 6.18 Å². The third-order valence-electron chi connectivity index (χ3n) is 4.15. The molecule has 1 aromatic carbocycles. The molecule has 0 amide bonds. The zero-order valence-corrected chi connectivity index (χ0v) is 13.2. The molecule has 7 heteroatoms. The van der Waals surface area contributed by atoms with Crippen molar-refractivity contribution < 1.29 is 17.6 Å². The minimum absolute atomic E-state index is 0. The number of nitrogens with two attached hydrogens (primary N) is 1. The van der Waals surface area contributed by atoms with Crippen LogP contribution < -0.4 is 5.73 Å². The molecule has 1 aliphatic rings. The molecule has 1 heterocycles. The van der Waals surface area contributed by atoms with Gasteiger partial charge < -0.3 is 5.73 Å². The largest absolute Gasteiger partial charge is 0.416 e. The minimum Gasteiger partial charge on any atom is -0.328 e. The highest BCUT2D eigenvalue weighted by molar-refractivity contribution is 5.85. The summed E-state index contributed by atoms with van der Waals surface area (Å²) < 4.78 is 51.9. The van der Waals surface area contributed by atoms with Gasteiger partial charge in [-0.1, -0.05) is 6.07 Å². The summed E-state index contributed by atoms with van der Waals surface area (Å²) in [6.45, 7) is 3.60. The van der Waals surface area contributed by atoms with Crippen molar-refractivity contribution in [2.75, 3.05) is 13.1 Å². The molecule has 1 aliphatic heterocycles. The van der Waals surface area contributed by atoms with Gasteiger partial charge in [-0.05, 0) is 56.5 Å². The van der Waals surface area contributed by atoms with Crippen molar-refractivity contribution in [1.29, 1.82) is 0 Å². The Morgan fingerprint density at radius 2 is 1.86 bits per heavy atom. The van der Waals surface area contributed by atoms with Crippen molar-refractivity contribution in [2.24, 2.45) is 11.7 Å². The fraction of sp³-hybridized carbons (Fsp3) is 0.600. The molecule has 2 nitrogen and oxygen atoms in total. The Kier molecular flexibility index (Phi) is 6.65. The molecule has 126 valence electrons. The van der Waals surface area contributed by atoms with Crippen LogP contribution in [0.1, 0.15) is 30.9 Å². The predicted molar refractivity (Wildman–Crippen MR) is 80.3 cm³/mol. The SMILES string of the molecule is CC(N)C1CCN(Cc2ccc(F)cc2C(F)(F)F)CC1.Cl. The van der Waals surface area contributed by atoms with Crippen LogP contribution in [0.5, 0.6) is 0 Å². The molecule has 0 aromatic heterocycles. The van der Waals surface area contributed by atoms with Gasteiger partial charge in [0.05, 0.1) is 5.56 Å². The number of likely N-dealkylation sites (tertiary alicyclic amines) is 1. The van der Waals surface area contributed by atoms with E-state index >= 15 is 0 Å². The number of piperidine rings is 1. The van der Waals surface area contributed by atoms with E-state index in [-0.39, 0.29) is 30.6 Å². The normalized spacial score (nSPS) is 18.8. The smallest absolute Gasteiger partial charge is 0.328 e. The molecule has 0 bridgehead atoms. The summed E-state index contributed by atoms with van der Waals surface area (Å²) in [7, 11) is 0. The van der Waals surface area contributed by atoms with Gasteiger partial charge in [-0.25, -0.2) is 4.39 Å². The topological polar surface area (TPSA) is 29.3 Å². The zero-order chi connectivity index (χ0) is 15.6. The summed E-state index contributed by atoms with van der Waals surface area (Å²) in [5, 5.41) is 0. The third-order valence-corrected chi connectivity index (χ3v) is 4.15. The fourth-order valence-corrected chi connectivity index (χ4v) is 2.83. The van der Waals surface area contributed by atoms with E-state index in [0.29, 0.717) is 12.0 Å². The standard InChI is InChI=1S/C15H20F4N2.ClH/c1-10(20)11-4-6-21(7-5-11)9-12-2-3-13(16)8-14(12)15(17,18)19;/h2-3,8,10-11H,4-7,9,20H2,1H3;1H. The fourth-order valence-electron chi connectivity index (χ4n) is 2.83. The first kappa shape index (κ1) is 19.2. The highest BCUT2D eigenvalue weighted by atomic mass is 35.5. The second-order valence-corrected chi connectivity index (χ2v) is 5.77. The number of alkyl halides is 3. The van der Waals surface area contributed by atoms with E-state index in [4.69, 9.17) is 5.73 Å². The molecule has 0 spiro atoms. The Morgan fingerprint density at radius 1 is 1.27 bits per heavy atom. The van der Waals surface area contributed by atoms with E-state index in [0.717, 1.165) is 32.0 Å². The summed E-state index contributed by atoms with van der Waals surface area (Å²) in [6, 6.07) is 3.00. The Morgan fingerprint density at radius 3 is 2.36 bits per heavy atom. The van der Waals surface area contributed by atoms with E-state index in [1.807, 2.05) is 11.8 Å². The highest BCUT2D eigenvalue weighted by Gasteiger charge is 2.34. The van der Waals surface area contributed by atoms with Crippen LogP contribution in [0.15, 0.2) is 18.2 Å². The van der Waals surface area contributed by atoms with E-state index < -0.39 is 17.6 Å². The lowest BCUT2D eigenvalue weighted by atomic mass is 9.90. The molecule has 1 atom stereocenters. The molecule has 0 saturated carbocycles. The van der Waals surface area contributed by atoms with Gasteiger partial charge in [0, 0.05) is 12.6 Å². The van der Waals surface area contributed by atoms with Crippen molar-refractivity contribution >= 4 is 12.4 Å². The summed E-state index contributed by atoms with van der Waals surface area (Å²) in [5.41, 5.74) is 5.10. The van der Waals surface area contributed by atoms with Crippen LogP contribution in [0.4, 0.5) is 17.6 Å². The Bertz CT molecular complexity index is 483. The van der Waals surface area contributed by atoms with Gasteiger partial charge in [-0.3, -0.25) is 4.90 Å². The molecule has 1 saturated heterocycles. The lowest BCUT2D eigenvalue weighted by molar-refractivity contribution is -0.138. The summed E-state index contributed by atoms with van der Waals surface area (Å²) in [4.78, 5) is 1.97. The van der Waals surface area contributed by atoms with Crippen LogP contribution in [0.2, 0.25) is 0 Å². The highest BCUT2D eigenvalue weighted by Crippen LogP contribution is 2.33. The molecule has 0 radical (unpaired) electrons. The lowest BCUT2D eigenvalue weighted by Gasteiger charge is -2.34. The molecule has 22 heavy (non-hydrogen) atoms. The number of rotatable bonds is 3. The Labute approximate surface area is 134 Å². The van der Waals surface area contributed by atoms with E-state index in [9.17, 15) is 17.6 Å². The van der Waals surface area contributed by atoms with Crippen molar-refractivity contribution in [1.82, 2.24) is 4.90 Å². The van der Waals surface area contributed by atoms with Crippen LogP contribution >= 0.6 is 12.4 Å². The maximum atomic E-state index is 13.1. The monoisotopic (exact) mass is 340 g/mol. The maximum absolute atomic E-state index is 13.1. The van der Waals surface area contributed by atoms with Crippen molar-refractivity contribution in [3.05, 3.63) is 35.1 Å². The van der Waals surface area contributed by atoms with Crippen LogP contribution in [-0.2, 0) is 12.7 Å². The third kappa shape index (κ3) is 4.83. The molecule has 2 N–H and O–H groups in total. The van der Waals surface area contributed by atoms with Crippen LogP contribution in [0.25, 0.3) is 0 Å². The molecule has 0 aliphatic carbocycles. The minimum atomic E-state index is -4.53. The van der Waals surface area contributed by atoms with Gasteiger partial charge in [-0.15, -0.1) is 12.4 Å². The average molecular weight is 341 g/mol. The Hall–Kier alpha value is -0.850. The van der Waals surface area contributed by atoms with Gasteiger partial charge in [-0.2, -0.15) is 13.2 Å². The second-order valence-electron chi connectivity index (χ2n) is 5.77. The van der Waals surface area contributed by atoms with Gasteiger partial charge in [0.25, 0.3) is 0 Å². The van der Waals surface area contributed by atoms with Crippen LogP contribution in [0, 0.1) is 11.7 Å². The number of nitrogens with zero attached hydrogens (tertiary/aromatic N) is 1. The zero-order valence-electron chi connectivity index (χ0n) is 12.4. The van der Waals surface area contributed by atoms with Crippen molar-refractivity contribution in [3.8, 4) is 0 Å². The Balaban J connectivity index is 0.00000242. The number of halogens is 5. The first-order chi connectivity index (χ1) is 9.77. The number of hydrogen-bond donors (Lipinski definition) is 1. The summed E-state index contributed by atoms with van der Waals surface area (Å²) >= 11 is 0. The second kappa shape index (κ2) is 7.62. The first-order valence-corrected chi connectivity index (χ1v) is 7.11. The lowest BCUT2D eigenvalue weighted by Crippen LogP contribution is -2.39. The molecule has 1 aromatic rings. The molecule has 1 unspecified atom stereocenters. The summed E-state index contributed by atoms with van der Waals surface area (Å²) in [5.74, 6) is -0.432. The van der Waals surface area contributed by atoms with E-state index in [1.54, 1.807) is 0 Å². The van der Waals surface area contributed by atoms with Gasteiger partial charge in [0.2, 0.25) is 0 Å². The van der Waals surface area contributed by atoms with E-state index in [2.05, 4.69) is 0 Å². The van der Waals surface area contributed by atoms with Crippen LogP contribution in [0.3, 0.4) is 0 Å². The number of hydrogen-bond acceptors (Lipinski definition) is 2. The van der Waals surface area contributed by atoms with Crippen LogP contribution in [-0.4, -0.2) is 24.0 Å². The first-order valence-electron chi connectivity index (χ1n) is 7.11. The van der Waals surface area contributed by atoms with E-state index in [1.165, 1.54) is 6.07 Å². The van der Waals surface area contributed by atoms with Crippen molar-refractivity contribution in [2.45, 2.75) is 38.5 Å². The molecule has 2 rings (SSSR count). The quantitative estimate of drug-likeness (QED) is 0.847. The number of benzene rings is 1. The van der Waals surface area contributed by atoms with Gasteiger partial charge in [0.1, 0.15) is 5.82 Å². The molecular weight excluding hydrogens is 320 g/mol. The molecular formula is C15H21ClF4N2. The molecule has 1 fully saturated rings. The summed E-state index contributed by atoms with van der Waals surface area (Å²) in [6.07, 6.45) is -2.75. The average Bonchev–Trinajstić information content (AvgIpc) is 2.40.